The van der Waals surface area contributed by atoms with E-state index in [-0.39, 0.29) is 18.2 Å². The van der Waals surface area contributed by atoms with Gasteiger partial charge >= 0.3 is 0 Å². The Balaban J connectivity index is 1.71. The molecule has 0 aliphatic carbocycles. The summed E-state index contributed by atoms with van der Waals surface area (Å²) in [6.07, 6.45) is 0.117. The molecule has 6 nitrogen and oxygen atoms in total. The molecule has 1 N–H and O–H groups in total. The van der Waals surface area contributed by atoms with Gasteiger partial charge in [-0.1, -0.05) is 29.4 Å². The molecule has 0 spiro atoms. The molecule has 0 bridgehead atoms. The third kappa shape index (κ3) is 4.43. The van der Waals surface area contributed by atoms with Gasteiger partial charge in [-0.15, -0.1) is 0 Å². The summed E-state index contributed by atoms with van der Waals surface area (Å²) in [6, 6.07) is 14.0. The number of thioether (sulfide) groups is 1. The summed E-state index contributed by atoms with van der Waals surface area (Å²) in [6.45, 7) is 0. The molecule has 0 saturated carbocycles. The van der Waals surface area contributed by atoms with E-state index < -0.39 is 5.25 Å². The third-order valence-corrected chi connectivity index (χ3v) is 5.36. The molecule has 1 saturated heterocycles. The highest BCUT2D eigenvalue weighted by Crippen LogP contribution is 2.31. The first-order chi connectivity index (χ1) is 13.0. The Morgan fingerprint density at radius 1 is 1.26 bits per heavy atom. The maximum atomic E-state index is 12.8. The second-order valence-electron chi connectivity index (χ2n) is 5.74. The van der Waals surface area contributed by atoms with Crippen LogP contribution in [0.5, 0.6) is 5.75 Å². The molecule has 2 aromatic carbocycles. The molecule has 1 atom stereocenters. The molecule has 2 amide bonds. The zero-order valence-electron chi connectivity index (χ0n) is 14.8. The molecule has 8 heteroatoms. The van der Waals surface area contributed by atoms with Gasteiger partial charge in [0.25, 0.3) is 0 Å². The Labute approximate surface area is 166 Å². The molecule has 0 aromatic heterocycles. The Bertz CT molecular complexity index is 886. The number of carbonyl (C=O) groups is 2. The average molecular weight is 404 g/mol. The fourth-order valence-corrected chi connectivity index (χ4v) is 3.84. The molecule has 0 radical (unpaired) electrons. The fraction of sp³-hybridized carbons (Fsp3) is 0.211. The monoisotopic (exact) mass is 403 g/mol. The van der Waals surface area contributed by atoms with Crippen LogP contribution in [0.1, 0.15) is 6.42 Å². The summed E-state index contributed by atoms with van der Waals surface area (Å²) < 4.78 is 5.11. The number of halogens is 1. The van der Waals surface area contributed by atoms with Crippen molar-refractivity contribution in [1.29, 1.82) is 0 Å². The molecule has 1 aliphatic rings. The van der Waals surface area contributed by atoms with E-state index in [1.165, 1.54) is 16.7 Å². The molecular formula is C19H18ClN3O3S. The van der Waals surface area contributed by atoms with Crippen LogP contribution in [0.25, 0.3) is 0 Å². The van der Waals surface area contributed by atoms with Crippen molar-refractivity contribution in [1.82, 2.24) is 0 Å². The van der Waals surface area contributed by atoms with Crippen molar-refractivity contribution < 1.29 is 14.3 Å². The lowest BCUT2D eigenvalue weighted by atomic mass is 10.3. The van der Waals surface area contributed by atoms with E-state index in [4.69, 9.17) is 16.3 Å². The van der Waals surface area contributed by atoms with Crippen LogP contribution in [0.4, 0.5) is 11.4 Å². The number of imide groups is 1. The van der Waals surface area contributed by atoms with Crippen molar-refractivity contribution in [2.24, 2.45) is 4.99 Å². The zero-order chi connectivity index (χ0) is 19.4. The molecule has 0 unspecified atom stereocenters. The summed E-state index contributed by atoms with van der Waals surface area (Å²) in [5.41, 5.74) is 1.30. The smallest absolute Gasteiger partial charge is 0.247 e. The highest BCUT2D eigenvalue weighted by Gasteiger charge is 2.40. The van der Waals surface area contributed by atoms with Crippen molar-refractivity contribution in [2.45, 2.75) is 11.7 Å². The van der Waals surface area contributed by atoms with Crippen LogP contribution in [-0.4, -0.2) is 36.4 Å². The number of anilines is 2. The number of ether oxygens (including phenoxy) is 1. The summed E-state index contributed by atoms with van der Waals surface area (Å²) >= 11 is 7.22. The zero-order valence-corrected chi connectivity index (χ0v) is 16.4. The number of aliphatic imine (C=N–C) groups is 1. The van der Waals surface area contributed by atoms with Crippen LogP contribution in [0.15, 0.2) is 53.5 Å². The number of hydrogen-bond donors (Lipinski definition) is 1. The summed E-state index contributed by atoms with van der Waals surface area (Å²) in [5, 5.41) is 3.73. The van der Waals surface area contributed by atoms with E-state index in [1.54, 1.807) is 50.6 Å². The minimum absolute atomic E-state index is 0.117. The lowest BCUT2D eigenvalue weighted by Crippen LogP contribution is -2.31. The van der Waals surface area contributed by atoms with Gasteiger partial charge in [-0.3, -0.25) is 14.6 Å². The predicted octanol–water partition coefficient (Wildman–Crippen LogP) is 3.81. The largest absolute Gasteiger partial charge is 0.497 e. The minimum Gasteiger partial charge on any atom is -0.497 e. The van der Waals surface area contributed by atoms with Crippen LogP contribution in [0, 0.1) is 0 Å². The molecule has 140 valence electrons. The van der Waals surface area contributed by atoms with E-state index in [9.17, 15) is 9.59 Å². The van der Waals surface area contributed by atoms with Crippen LogP contribution < -0.4 is 15.0 Å². The van der Waals surface area contributed by atoms with Crippen LogP contribution >= 0.6 is 23.4 Å². The number of nitrogens with zero attached hydrogens (tertiary/aromatic N) is 2. The first-order valence-corrected chi connectivity index (χ1v) is 9.44. The van der Waals surface area contributed by atoms with Crippen molar-refractivity contribution in [3.8, 4) is 5.75 Å². The van der Waals surface area contributed by atoms with Gasteiger partial charge in [0, 0.05) is 24.2 Å². The Kier molecular flexibility index (Phi) is 6.03. The second kappa shape index (κ2) is 8.45. The van der Waals surface area contributed by atoms with Crippen molar-refractivity contribution >= 4 is 51.7 Å². The quantitative estimate of drug-likeness (QED) is 0.477. The minimum atomic E-state index is -0.537. The van der Waals surface area contributed by atoms with Crippen molar-refractivity contribution in [3.05, 3.63) is 53.6 Å². The number of benzene rings is 2. The van der Waals surface area contributed by atoms with Gasteiger partial charge in [-0.2, -0.15) is 0 Å². The molecular weight excluding hydrogens is 386 g/mol. The molecule has 3 rings (SSSR count). The Morgan fingerprint density at radius 3 is 2.63 bits per heavy atom. The number of methoxy groups -OCH3 is 1. The first-order valence-electron chi connectivity index (χ1n) is 8.18. The number of nitrogens with one attached hydrogen (secondary N) is 1. The van der Waals surface area contributed by atoms with Crippen molar-refractivity contribution in [2.75, 3.05) is 24.4 Å². The van der Waals surface area contributed by atoms with Crippen molar-refractivity contribution in [3.63, 3.8) is 0 Å². The number of amidine groups is 1. The summed E-state index contributed by atoms with van der Waals surface area (Å²) in [4.78, 5) is 30.6. The number of amides is 2. The highest BCUT2D eigenvalue weighted by atomic mass is 35.5. The maximum Gasteiger partial charge on any atom is 0.247 e. The molecule has 1 aliphatic heterocycles. The normalized spacial score (nSPS) is 17.4. The van der Waals surface area contributed by atoms with Gasteiger partial charge in [0.1, 0.15) is 11.0 Å². The van der Waals surface area contributed by atoms with Gasteiger partial charge in [0.15, 0.2) is 5.17 Å². The molecule has 1 heterocycles. The molecule has 2 aromatic rings. The van der Waals surface area contributed by atoms with E-state index in [1.807, 2.05) is 12.1 Å². The summed E-state index contributed by atoms with van der Waals surface area (Å²) in [5.74, 6) is 0.167. The second-order valence-corrected chi connectivity index (χ2v) is 7.37. The van der Waals surface area contributed by atoms with Gasteiger partial charge in [0.2, 0.25) is 11.8 Å². The number of carbonyl (C=O) groups excluding carboxylic acids is 2. The SMILES string of the molecule is CN=C(Nc1cccc(Cl)c1)S[C@@H]1CC(=O)N(c2ccc(OC)cc2)C1=O. The average Bonchev–Trinajstić information content (AvgIpc) is 2.94. The standard InChI is InChI=1S/C19H18ClN3O3S/c1-21-19(22-13-5-3-4-12(20)10-13)27-16-11-17(24)23(18(16)25)14-6-8-15(26-2)9-7-14/h3-10,16H,11H2,1-2H3,(H,21,22)/t16-/m1/s1. The Morgan fingerprint density at radius 2 is 2.00 bits per heavy atom. The van der Waals surface area contributed by atoms with Crippen LogP contribution in [-0.2, 0) is 9.59 Å². The number of rotatable bonds is 4. The third-order valence-electron chi connectivity index (χ3n) is 3.97. The number of hydrogen-bond acceptors (Lipinski definition) is 5. The fourth-order valence-electron chi connectivity index (χ4n) is 2.66. The highest BCUT2D eigenvalue weighted by molar-refractivity contribution is 8.15. The lowest BCUT2D eigenvalue weighted by Gasteiger charge is -2.16. The Hall–Kier alpha value is -2.51. The van der Waals surface area contributed by atoms with Gasteiger partial charge in [0.05, 0.1) is 12.8 Å². The maximum absolute atomic E-state index is 12.8. The van der Waals surface area contributed by atoms with Crippen LogP contribution in [0.3, 0.4) is 0 Å². The lowest BCUT2D eigenvalue weighted by molar-refractivity contribution is -0.121. The van der Waals surface area contributed by atoms with E-state index in [0.29, 0.717) is 21.6 Å². The van der Waals surface area contributed by atoms with Gasteiger partial charge in [-0.25, -0.2) is 4.90 Å². The topological polar surface area (TPSA) is 71.0 Å². The van der Waals surface area contributed by atoms with Gasteiger partial charge < -0.3 is 10.1 Å². The first kappa shape index (κ1) is 19.3. The predicted molar refractivity (Wildman–Crippen MR) is 110 cm³/mol. The van der Waals surface area contributed by atoms with E-state index in [2.05, 4.69) is 10.3 Å². The molecule has 27 heavy (non-hydrogen) atoms. The van der Waals surface area contributed by atoms with Crippen LogP contribution in [0.2, 0.25) is 5.02 Å². The van der Waals surface area contributed by atoms with E-state index >= 15 is 0 Å². The molecule has 1 fully saturated rings. The van der Waals surface area contributed by atoms with Gasteiger partial charge in [-0.05, 0) is 42.5 Å². The van der Waals surface area contributed by atoms with E-state index in [0.717, 1.165) is 5.69 Å². The summed E-state index contributed by atoms with van der Waals surface area (Å²) in [7, 11) is 3.19.